The molecule has 2 nitrogen and oxygen atoms in total. The average molecular weight is 245 g/mol. The topological polar surface area (TPSA) is 26.3 Å². The summed E-state index contributed by atoms with van der Waals surface area (Å²) in [6.07, 6.45) is 0.451. The molecule has 2 rings (SSSR count). The van der Waals surface area contributed by atoms with Gasteiger partial charge in [-0.05, 0) is 28.1 Å². The van der Waals surface area contributed by atoms with E-state index in [4.69, 9.17) is 4.74 Å². The molecule has 0 saturated heterocycles. The van der Waals surface area contributed by atoms with Crippen molar-refractivity contribution in [2.45, 2.75) is 6.42 Å². The van der Waals surface area contributed by atoms with Gasteiger partial charge in [0.2, 0.25) is 0 Å². The van der Waals surface area contributed by atoms with Crippen LogP contribution in [0.2, 0.25) is 0 Å². The van der Waals surface area contributed by atoms with Crippen LogP contribution in [-0.4, -0.2) is 12.6 Å². The molecule has 1 heterocycles. The van der Waals surface area contributed by atoms with E-state index < -0.39 is 5.97 Å². The SMILES string of the molecule is O=C1OCCc2c1ccc(Br)c2F. The molecule has 1 aromatic carbocycles. The maximum absolute atomic E-state index is 13.4. The first-order valence-electron chi connectivity index (χ1n) is 3.84. The summed E-state index contributed by atoms with van der Waals surface area (Å²) in [5.41, 5.74) is 0.789. The summed E-state index contributed by atoms with van der Waals surface area (Å²) in [5, 5.41) is 0. The first-order valence-corrected chi connectivity index (χ1v) is 4.63. The molecule has 0 saturated carbocycles. The number of cyclic esters (lactones) is 1. The van der Waals surface area contributed by atoms with Gasteiger partial charge in [0.1, 0.15) is 5.82 Å². The van der Waals surface area contributed by atoms with Crippen molar-refractivity contribution < 1.29 is 13.9 Å². The molecule has 1 aromatic rings. The molecule has 0 bridgehead atoms. The van der Waals surface area contributed by atoms with Crippen LogP contribution in [0.25, 0.3) is 0 Å². The maximum Gasteiger partial charge on any atom is 0.338 e. The minimum atomic E-state index is -0.437. The summed E-state index contributed by atoms with van der Waals surface area (Å²) in [6, 6.07) is 3.09. The number of esters is 1. The van der Waals surface area contributed by atoms with Gasteiger partial charge in [-0.15, -0.1) is 0 Å². The van der Waals surface area contributed by atoms with E-state index in [1.165, 1.54) is 6.07 Å². The van der Waals surface area contributed by atoms with Crippen molar-refractivity contribution in [3.63, 3.8) is 0 Å². The quantitative estimate of drug-likeness (QED) is 0.655. The third kappa shape index (κ3) is 1.35. The monoisotopic (exact) mass is 244 g/mol. The molecule has 68 valence electrons. The third-order valence-electron chi connectivity index (χ3n) is 2.00. The van der Waals surface area contributed by atoms with Crippen LogP contribution in [0.15, 0.2) is 16.6 Å². The molecular weight excluding hydrogens is 239 g/mol. The summed E-state index contributed by atoms with van der Waals surface area (Å²) in [5.74, 6) is -0.790. The van der Waals surface area contributed by atoms with E-state index in [0.29, 0.717) is 22.0 Å². The number of carbonyl (C=O) groups is 1. The smallest absolute Gasteiger partial charge is 0.338 e. The number of rotatable bonds is 0. The first-order chi connectivity index (χ1) is 6.20. The van der Waals surface area contributed by atoms with Crippen LogP contribution in [0.5, 0.6) is 0 Å². The number of ether oxygens (including phenoxy) is 1. The van der Waals surface area contributed by atoms with Crippen LogP contribution < -0.4 is 0 Å². The number of hydrogen-bond acceptors (Lipinski definition) is 2. The van der Waals surface area contributed by atoms with E-state index in [1.54, 1.807) is 6.07 Å². The summed E-state index contributed by atoms with van der Waals surface area (Å²) in [7, 11) is 0. The van der Waals surface area contributed by atoms with Gasteiger partial charge in [-0.2, -0.15) is 0 Å². The molecule has 0 amide bonds. The second-order valence-electron chi connectivity index (χ2n) is 2.77. The molecule has 0 fully saturated rings. The Hall–Kier alpha value is -0.900. The summed E-state index contributed by atoms with van der Waals surface area (Å²) in [4.78, 5) is 11.1. The van der Waals surface area contributed by atoms with Gasteiger partial charge < -0.3 is 4.74 Å². The van der Waals surface area contributed by atoms with E-state index in [-0.39, 0.29) is 12.4 Å². The highest BCUT2D eigenvalue weighted by Crippen LogP contribution is 2.25. The lowest BCUT2D eigenvalue weighted by Gasteiger charge is -2.16. The minimum absolute atomic E-state index is 0.263. The Morgan fingerprint density at radius 1 is 1.46 bits per heavy atom. The Labute approximate surface area is 82.8 Å². The molecule has 0 spiro atoms. The Balaban J connectivity index is 2.63. The molecule has 13 heavy (non-hydrogen) atoms. The molecule has 0 radical (unpaired) electrons. The number of halogens is 2. The highest BCUT2D eigenvalue weighted by molar-refractivity contribution is 9.10. The van der Waals surface area contributed by atoms with Gasteiger partial charge in [0.05, 0.1) is 16.6 Å². The van der Waals surface area contributed by atoms with Crippen molar-refractivity contribution in [1.82, 2.24) is 0 Å². The fourth-order valence-electron chi connectivity index (χ4n) is 1.35. The van der Waals surface area contributed by atoms with Crippen molar-refractivity contribution in [2.24, 2.45) is 0 Å². The van der Waals surface area contributed by atoms with Crippen LogP contribution in [0.1, 0.15) is 15.9 Å². The molecule has 1 aliphatic rings. The van der Waals surface area contributed by atoms with Crippen LogP contribution in [0.4, 0.5) is 4.39 Å². The zero-order valence-electron chi connectivity index (χ0n) is 6.64. The highest BCUT2D eigenvalue weighted by Gasteiger charge is 2.22. The zero-order chi connectivity index (χ0) is 9.42. The van der Waals surface area contributed by atoms with Gasteiger partial charge in [0.15, 0.2) is 0 Å². The van der Waals surface area contributed by atoms with Gasteiger partial charge in [-0.25, -0.2) is 9.18 Å². The molecule has 0 aromatic heterocycles. The number of carbonyl (C=O) groups excluding carboxylic acids is 1. The zero-order valence-corrected chi connectivity index (χ0v) is 8.23. The summed E-state index contributed by atoms with van der Waals surface area (Å²) in [6.45, 7) is 0.263. The van der Waals surface area contributed by atoms with Crippen LogP contribution >= 0.6 is 15.9 Å². The van der Waals surface area contributed by atoms with Crippen molar-refractivity contribution in [3.8, 4) is 0 Å². The number of hydrogen-bond donors (Lipinski definition) is 0. The van der Waals surface area contributed by atoms with Crippen LogP contribution in [0, 0.1) is 5.82 Å². The van der Waals surface area contributed by atoms with Crippen molar-refractivity contribution in [3.05, 3.63) is 33.5 Å². The predicted octanol–water partition coefficient (Wildman–Crippen LogP) is 2.30. The van der Waals surface area contributed by atoms with E-state index in [2.05, 4.69) is 15.9 Å². The van der Waals surface area contributed by atoms with Crippen LogP contribution in [-0.2, 0) is 11.2 Å². The van der Waals surface area contributed by atoms with Gasteiger partial charge in [0, 0.05) is 12.0 Å². The molecular formula is C9H6BrFO2. The van der Waals surface area contributed by atoms with E-state index in [1.807, 2.05) is 0 Å². The predicted molar refractivity (Wildman–Crippen MR) is 48.1 cm³/mol. The van der Waals surface area contributed by atoms with E-state index in [0.717, 1.165) is 0 Å². The molecule has 0 N–H and O–H groups in total. The fourth-order valence-corrected chi connectivity index (χ4v) is 1.72. The Morgan fingerprint density at radius 2 is 2.23 bits per heavy atom. The van der Waals surface area contributed by atoms with E-state index >= 15 is 0 Å². The van der Waals surface area contributed by atoms with Crippen molar-refractivity contribution in [1.29, 1.82) is 0 Å². The summed E-state index contributed by atoms with van der Waals surface area (Å²) >= 11 is 3.07. The molecule has 1 aliphatic heterocycles. The molecule has 0 atom stereocenters. The second kappa shape index (κ2) is 3.10. The number of benzene rings is 1. The maximum atomic E-state index is 13.4. The lowest BCUT2D eigenvalue weighted by molar-refractivity contribution is 0.0477. The van der Waals surface area contributed by atoms with Crippen molar-refractivity contribution >= 4 is 21.9 Å². The lowest BCUT2D eigenvalue weighted by atomic mass is 10.0. The molecule has 4 heteroatoms. The van der Waals surface area contributed by atoms with E-state index in [9.17, 15) is 9.18 Å². The average Bonchev–Trinajstić information content (AvgIpc) is 2.12. The Morgan fingerprint density at radius 3 is 3.00 bits per heavy atom. The van der Waals surface area contributed by atoms with Gasteiger partial charge >= 0.3 is 5.97 Å². The second-order valence-corrected chi connectivity index (χ2v) is 3.63. The summed E-state index contributed by atoms with van der Waals surface area (Å²) < 4.78 is 18.6. The Kier molecular flexibility index (Phi) is 2.07. The van der Waals surface area contributed by atoms with Gasteiger partial charge in [0.25, 0.3) is 0 Å². The first kappa shape index (κ1) is 8.69. The van der Waals surface area contributed by atoms with Crippen molar-refractivity contribution in [2.75, 3.05) is 6.61 Å². The number of fused-ring (bicyclic) bond motifs is 1. The molecule has 0 aliphatic carbocycles. The minimum Gasteiger partial charge on any atom is -0.462 e. The van der Waals surface area contributed by atoms with Gasteiger partial charge in [-0.1, -0.05) is 0 Å². The highest BCUT2D eigenvalue weighted by atomic mass is 79.9. The normalized spacial score (nSPS) is 15.1. The van der Waals surface area contributed by atoms with Gasteiger partial charge in [-0.3, -0.25) is 0 Å². The molecule has 0 unspecified atom stereocenters. The standard InChI is InChI=1S/C9H6BrFO2/c10-7-2-1-6-5(8(7)11)3-4-13-9(6)12/h1-2H,3-4H2. The fraction of sp³-hybridized carbons (Fsp3) is 0.222. The largest absolute Gasteiger partial charge is 0.462 e. The third-order valence-corrected chi connectivity index (χ3v) is 2.61. The lowest BCUT2D eigenvalue weighted by Crippen LogP contribution is -2.18. The van der Waals surface area contributed by atoms with Crippen LogP contribution in [0.3, 0.4) is 0 Å². The Bertz CT molecular complexity index is 376.